The van der Waals surface area contributed by atoms with E-state index in [1.165, 1.54) is 6.92 Å². The van der Waals surface area contributed by atoms with Crippen molar-refractivity contribution in [3.05, 3.63) is 46.9 Å². The highest BCUT2D eigenvalue weighted by Crippen LogP contribution is 2.34. The van der Waals surface area contributed by atoms with Gasteiger partial charge in [-0.25, -0.2) is 0 Å². The quantitative estimate of drug-likeness (QED) is 0.850. The lowest BCUT2D eigenvalue weighted by Gasteiger charge is -2.12. The van der Waals surface area contributed by atoms with Gasteiger partial charge in [0.2, 0.25) is 5.91 Å². The number of carbonyl (C=O) groups is 2. The lowest BCUT2D eigenvalue weighted by Crippen LogP contribution is -2.23. The van der Waals surface area contributed by atoms with Crippen molar-refractivity contribution in [2.75, 3.05) is 6.61 Å². The smallest absolute Gasteiger partial charge is 0.286 e. The van der Waals surface area contributed by atoms with E-state index < -0.39 is 0 Å². The topological polar surface area (TPSA) is 67.8 Å². The maximum absolute atomic E-state index is 12.2. The average molecular weight is 354 g/mol. The van der Waals surface area contributed by atoms with Crippen LogP contribution in [-0.4, -0.2) is 23.6 Å². The number of amides is 2. The van der Waals surface area contributed by atoms with E-state index in [-0.39, 0.29) is 11.8 Å². The second kappa shape index (κ2) is 7.53. The molecule has 1 aliphatic rings. The molecule has 6 heteroatoms. The van der Waals surface area contributed by atoms with Crippen LogP contribution in [-0.2, 0) is 9.59 Å². The van der Waals surface area contributed by atoms with Crippen molar-refractivity contribution in [1.82, 2.24) is 5.32 Å². The molecule has 0 radical (unpaired) electrons. The Morgan fingerprint density at radius 3 is 2.84 bits per heavy atom. The fourth-order valence-electron chi connectivity index (χ4n) is 2.51. The van der Waals surface area contributed by atoms with Crippen LogP contribution in [0.2, 0.25) is 0 Å². The molecule has 0 fully saturated rings. The number of fused-ring (bicyclic) bond motifs is 1. The molecule has 1 N–H and O–H groups in total. The molecule has 1 heterocycles. The van der Waals surface area contributed by atoms with Crippen LogP contribution in [0.4, 0.5) is 0 Å². The maximum Gasteiger partial charge on any atom is 0.286 e. The monoisotopic (exact) mass is 354 g/mol. The largest absolute Gasteiger partial charge is 0.493 e. The first-order chi connectivity index (χ1) is 12.1. The third-order valence-electron chi connectivity index (χ3n) is 3.57. The normalized spacial score (nSPS) is 15.5. The van der Waals surface area contributed by atoms with Crippen molar-refractivity contribution in [3.63, 3.8) is 0 Å². The SMILES string of the molecule is CCCOc1ccc2ccccc2c1/C=C1\SC(NC(C)=O)=NC1=O. The van der Waals surface area contributed by atoms with E-state index in [1.54, 1.807) is 6.08 Å². The molecule has 2 aromatic rings. The minimum atomic E-state index is -0.358. The Hall–Kier alpha value is -2.60. The highest BCUT2D eigenvalue weighted by molar-refractivity contribution is 8.18. The molecule has 0 bridgehead atoms. The molecule has 0 spiro atoms. The minimum absolute atomic E-state index is 0.252. The molecular formula is C19H18N2O3S. The molecule has 128 valence electrons. The van der Waals surface area contributed by atoms with Crippen molar-refractivity contribution < 1.29 is 14.3 Å². The Balaban J connectivity index is 2.02. The van der Waals surface area contributed by atoms with Gasteiger partial charge >= 0.3 is 0 Å². The molecule has 25 heavy (non-hydrogen) atoms. The van der Waals surface area contributed by atoms with Crippen molar-refractivity contribution in [1.29, 1.82) is 0 Å². The number of hydrogen-bond donors (Lipinski definition) is 1. The molecule has 0 aliphatic carbocycles. The van der Waals surface area contributed by atoms with Crippen LogP contribution >= 0.6 is 11.8 Å². The number of carbonyl (C=O) groups excluding carboxylic acids is 2. The summed E-state index contributed by atoms with van der Waals surface area (Å²) in [6.45, 7) is 4.03. The van der Waals surface area contributed by atoms with Gasteiger partial charge in [-0.05, 0) is 41.1 Å². The van der Waals surface area contributed by atoms with Crippen molar-refractivity contribution in [2.45, 2.75) is 20.3 Å². The van der Waals surface area contributed by atoms with Gasteiger partial charge in [-0.1, -0.05) is 37.3 Å². The molecule has 0 saturated heterocycles. The standard InChI is InChI=1S/C19H18N2O3S/c1-3-10-24-16-9-8-13-6-4-5-7-14(13)15(16)11-17-18(23)21-19(25-17)20-12(2)22/h4-9,11H,3,10H2,1-2H3,(H,20,21,22,23)/b17-11-. The van der Waals surface area contributed by atoms with Crippen LogP contribution < -0.4 is 10.1 Å². The van der Waals surface area contributed by atoms with E-state index in [2.05, 4.69) is 10.3 Å². The summed E-state index contributed by atoms with van der Waals surface area (Å²) in [5, 5.41) is 4.93. The first-order valence-electron chi connectivity index (χ1n) is 8.03. The fourth-order valence-corrected chi connectivity index (χ4v) is 3.35. The summed E-state index contributed by atoms with van der Waals surface area (Å²) < 4.78 is 5.86. The second-order valence-electron chi connectivity index (χ2n) is 5.56. The van der Waals surface area contributed by atoms with E-state index in [9.17, 15) is 9.59 Å². The number of aliphatic imine (C=N–C) groups is 1. The van der Waals surface area contributed by atoms with Gasteiger partial charge in [0.15, 0.2) is 5.17 Å². The Morgan fingerprint density at radius 1 is 1.28 bits per heavy atom. The molecule has 0 unspecified atom stereocenters. The molecule has 5 nitrogen and oxygen atoms in total. The number of rotatable bonds is 4. The lowest BCUT2D eigenvalue weighted by atomic mass is 10.0. The molecule has 2 amide bonds. The molecule has 3 rings (SSSR count). The van der Waals surface area contributed by atoms with Crippen LogP contribution in [0.1, 0.15) is 25.8 Å². The van der Waals surface area contributed by atoms with Crippen LogP contribution in [0, 0.1) is 0 Å². The lowest BCUT2D eigenvalue weighted by molar-refractivity contribution is -0.117. The number of benzene rings is 2. The van der Waals surface area contributed by atoms with Gasteiger partial charge in [-0.2, -0.15) is 4.99 Å². The van der Waals surface area contributed by atoms with Crippen molar-refractivity contribution >= 4 is 45.6 Å². The van der Waals surface area contributed by atoms with Gasteiger partial charge in [0.1, 0.15) is 5.75 Å². The van der Waals surface area contributed by atoms with Gasteiger partial charge < -0.3 is 10.1 Å². The van der Waals surface area contributed by atoms with Gasteiger partial charge in [0, 0.05) is 12.5 Å². The van der Waals surface area contributed by atoms with E-state index in [4.69, 9.17) is 4.74 Å². The van der Waals surface area contributed by atoms with Crippen molar-refractivity contribution in [2.24, 2.45) is 4.99 Å². The third kappa shape index (κ3) is 3.91. The number of nitrogens with one attached hydrogen (secondary N) is 1. The minimum Gasteiger partial charge on any atom is -0.493 e. The summed E-state index contributed by atoms with van der Waals surface area (Å²) in [5.41, 5.74) is 0.849. The summed E-state index contributed by atoms with van der Waals surface area (Å²) in [7, 11) is 0. The molecule has 0 atom stereocenters. The van der Waals surface area contributed by atoms with E-state index in [0.717, 1.165) is 40.3 Å². The van der Waals surface area contributed by atoms with Gasteiger partial charge in [0.05, 0.1) is 11.5 Å². The summed E-state index contributed by atoms with van der Waals surface area (Å²) in [6.07, 6.45) is 2.69. The first kappa shape index (κ1) is 17.2. The zero-order chi connectivity index (χ0) is 17.8. The highest BCUT2D eigenvalue weighted by atomic mass is 32.2. The van der Waals surface area contributed by atoms with E-state index in [0.29, 0.717) is 16.7 Å². The number of amidine groups is 1. The van der Waals surface area contributed by atoms with Gasteiger partial charge in [0.25, 0.3) is 5.91 Å². The van der Waals surface area contributed by atoms with E-state index >= 15 is 0 Å². The van der Waals surface area contributed by atoms with Gasteiger partial charge in [-0.15, -0.1) is 0 Å². The first-order valence-corrected chi connectivity index (χ1v) is 8.85. The zero-order valence-corrected chi connectivity index (χ0v) is 14.9. The molecule has 0 aromatic heterocycles. The fraction of sp³-hybridized carbons (Fsp3) is 0.211. The molecule has 1 aliphatic heterocycles. The number of thioether (sulfide) groups is 1. The average Bonchev–Trinajstić information content (AvgIpc) is 2.92. The van der Waals surface area contributed by atoms with Crippen LogP contribution in [0.15, 0.2) is 46.3 Å². The Morgan fingerprint density at radius 2 is 2.08 bits per heavy atom. The number of nitrogens with zero attached hydrogens (tertiary/aromatic N) is 1. The maximum atomic E-state index is 12.2. The van der Waals surface area contributed by atoms with E-state index in [1.807, 2.05) is 43.3 Å². The van der Waals surface area contributed by atoms with Crippen LogP contribution in [0.3, 0.4) is 0 Å². The summed E-state index contributed by atoms with van der Waals surface area (Å²) >= 11 is 1.16. The third-order valence-corrected chi connectivity index (χ3v) is 4.47. The summed E-state index contributed by atoms with van der Waals surface area (Å²) in [6, 6.07) is 11.9. The predicted molar refractivity (Wildman–Crippen MR) is 102 cm³/mol. The summed E-state index contributed by atoms with van der Waals surface area (Å²) in [5.74, 6) is 0.120. The van der Waals surface area contributed by atoms with Crippen LogP contribution in [0.5, 0.6) is 5.75 Å². The summed E-state index contributed by atoms with van der Waals surface area (Å²) in [4.78, 5) is 27.7. The molecule has 0 saturated carbocycles. The zero-order valence-electron chi connectivity index (χ0n) is 14.0. The molecular weight excluding hydrogens is 336 g/mol. The van der Waals surface area contributed by atoms with Gasteiger partial charge in [-0.3, -0.25) is 9.59 Å². The Kier molecular flexibility index (Phi) is 5.19. The Bertz CT molecular complexity index is 903. The van der Waals surface area contributed by atoms with Crippen LogP contribution in [0.25, 0.3) is 16.8 Å². The second-order valence-corrected chi connectivity index (χ2v) is 6.59. The number of ether oxygens (including phenoxy) is 1. The Labute approximate surface area is 150 Å². The number of hydrogen-bond acceptors (Lipinski definition) is 4. The van der Waals surface area contributed by atoms with Crippen molar-refractivity contribution in [3.8, 4) is 5.75 Å². The molecule has 2 aromatic carbocycles. The highest BCUT2D eigenvalue weighted by Gasteiger charge is 2.23. The predicted octanol–water partition coefficient (Wildman–Crippen LogP) is 3.74.